The molecule has 126 valence electrons. The predicted molar refractivity (Wildman–Crippen MR) is 91.2 cm³/mol. The maximum absolute atomic E-state index is 11.9. The summed E-state index contributed by atoms with van der Waals surface area (Å²) in [6.07, 6.45) is 1.57. The minimum absolute atomic E-state index is 0.146. The molecule has 0 heterocycles. The van der Waals surface area contributed by atoms with Crippen molar-refractivity contribution in [3.05, 3.63) is 48.6 Å². The number of alkyl carbamates (subject to hydrolysis) is 1. The van der Waals surface area contributed by atoms with E-state index in [0.717, 1.165) is 12.0 Å². The van der Waals surface area contributed by atoms with Crippen LogP contribution in [0.4, 0.5) is 4.79 Å². The zero-order valence-corrected chi connectivity index (χ0v) is 14.2. The lowest BCUT2D eigenvalue weighted by atomic mass is 10.1. The van der Waals surface area contributed by atoms with Crippen molar-refractivity contribution in [2.45, 2.75) is 32.8 Å². The quantitative estimate of drug-likeness (QED) is 0.787. The summed E-state index contributed by atoms with van der Waals surface area (Å²) in [7, 11) is 0. The maximum Gasteiger partial charge on any atom is 0.407 e. The summed E-state index contributed by atoms with van der Waals surface area (Å²) in [5.74, 6) is -0.146. The van der Waals surface area contributed by atoms with Crippen molar-refractivity contribution in [1.82, 2.24) is 10.2 Å². The summed E-state index contributed by atoms with van der Waals surface area (Å²) in [5, 5.41) is 2.66. The SMILES string of the molecule is C=CC(=O)N(CCNC(=O)OC(C)(C)C)CCc1ccccc1. The lowest BCUT2D eigenvalue weighted by Crippen LogP contribution is -2.40. The summed E-state index contributed by atoms with van der Waals surface area (Å²) in [6, 6.07) is 9.95. The minimum atomic E-state index is -0.534. The van der Waals surface area contributed by atoms with E-state index in [1.54, 1.807) is 25.7 Å². The number of amides is 2. The Hall–Kier alpha value is -2.30. The van der Waals surface area contributed by atoms with Crippen LogP contribution in [0, 0.1) is 0 Å². The van der Waals surface area contributed by atoms with E-state index in [1.807, 2.05) is 30.3 Å². The van der Waals surface area contributed by atoms with Crippen molar-refractivity contribution < 1.29 is 14.3 Å². The minimum Gasteiger partial charge on any atom is -0.444 e. The van der Waals surface area contributed by atoms with Crippen LogP contribution >= 0.6 is 0 Å². The smallest absolute Gasteiger partial charge is 0.407 e. The molecule has 1 aromatic carbocycles. The molecule has 0 unspecified atom stereocenters. The molecule has 2 amide bonds. The fourth-order valence-corrected chi connectivity index (χ4v) is 1.98. The Kier molecular flexibility index (Phi) is 7.32. The van der Waals surface area contributed by atoms with E-state index < -0.39 is 11.7 Å². The van der Waals surface area contributed by atoms with Crippen LogP contribution in [0.5, 0.6) is 0 Å². The Balaban J connectivity index is 2.44. The highest BCUT2D eigenvalue weighted by molar-refractivity contribution is 5.87. The predicted octanol–water partition coefficient (Wildman–Crippen LogP) is 2.77. The van der Waals surface area contributed by atoms with Crippen molar-refractivity contribution in [2.24, 2.45) is 0 Å². The van der Waals surface area contributed by atoms with Crippen molar-refractivity contribution in [2.75, 3.05) is 19.6 Å². The molecule has 0 saturated carbocycles. The Morgan fingerprint density at radius 1 is 1.22 bits per heavy atom. The maximum atomic E-state index is 11.9. The summed E-state index contributed by atoms with van der Waals surface area (Å²) >= 11 is 0. The molecule has 1 aromatic rings. The largest absolute Gasteiger partial charge is 0.444 e. The first-order valence-corrected chi connectivity index (χ1v) is 7.74. The van der Waals surface area contributed by atoms with Crippen molar-refractivity contribution >= 4 is 12.0 Å². The van der Waals surface area contributed by atoms with Gasteiger partial charge in [-0.05, 0) is 38.8 Å². The molecule has 0 fully saturated rings. The van der Waals surface area contributed by atoms with Crippen LogP contribution in [0.1, 0.15) is 26.3 Å². The highest BCUT2D eigenvalue weighted by atomic mass is 16.6. The molecular weight excluding hydrogens is 292 g/mol. The second kappa shape index (κ2) is 8.98. The van der Waals surface area contributed by atoms with E-state index in [9.17, 15) is 9.59 Å². The van der Waals surface area contributed by atoms with Gasteiger partial charge in [-0.3, -0.25) is 4.79 Å². The van der Waals surface area contributed by atoms with E-state index in [1.165, 1.54) is 6.08 Å². The lowest BCUT2D eigenvalue weighted by Gasteiger charge is -2.23. The molecule has 0 aliphatic rings. The monoisotopic (exact) mass is 318 g/mol. The van der Waals surface area contributed by atoms with Gasteiger partial charge in [0.25, 0.3) is 0 Å². The zero-order chi connectivity index (χ0) is 17.3. The molecular formula is C18H26N2O3. The number of carbonyl (C=O) groups is 2. The Labute approximate surface area is 138 Å². The van der Waals surface area contributed by atoms with E-state index in [4.69, 9.17) is 4.74 Å². The first-order valence-electron chi connectivity index (χ1n) is 7.74. The van der Waals surface area contributed by atoms with Crippen LogP contribution in [0.15, 0.2) is 43.0 Å². The molecule has 0 radical (unpaired) electrons. The van der Waals surface area contributed by atoms with E-state index >= 15 is 0 Å². The summed E-state index contributed by atoms with van der Waals surface area (Å²) in [4.78, 5) is 25.2. The van der Waals surface area contributed by atoms with Gasteiger partial charge in [0.05, 0.1) is 0 Å². The first-order chi connectivity index (χ1) is 10.8. The second-order valence-corrected chi connectivity index (χ2v) is 6.19. The Morgan fingerprint density at radius 3 is 2.43 bits per heavy atom. The number of carbonyl (C=O) groups excluding carboxylic acids is 2. The van der Waals surface area contributed by atoms with Gasteiger partial charge in [-0.2, -0.15) is 0 Å². The number of hydrogen-bond acceptors (Lipinski definition) is 3. The van der Waals surface area contributed by atoms with Crippen molar-refractivity contribution in [3.8, 4) is 0 Å². The fourth-order valence-electron chi connectivity index (χ4n) is 1.98. The van der Waals surface area contributed by atoms with Gasteiger partial charge in [0.15, 0.2) is 0 Å². The van der Waals surface area contributed by atoms with Crippen LogP contribution < -0.4 is 5.32 Å². The first kappa shape index (κ1) is 18.7. The van der Waals surface area contributed by atoms with Gasteiger partial charge >= 0.3 is 6.09 Å². The molecule has 1 N–H and O–H groups in total. The number of rotatable bonds is 7. The van der Waals surface area contributed by atoms with E-state index in [2.05, 4.69) is 11.9 Å². The molecule has 1 rings (SSSR count). The molecule has 0 aliphatic carbocycles. The van der Waals surface area contributed by atoms with Gasteiger partial charge in [0.1, 0.15) is 5.60 Å². The summed E-state index contributed by atoms with van der Waals surface area (Å²) in [5.41, 5.74) is 0.628. The molecule has 5 nitrogen and oxygen atoms in total. The number of benzene rings is 1. The number of nitrogens with one attached hydrogen (secondary N) is 1. The van der Waals surface area contributed by atoms with Crippen LogP contribution in [0.2, 0.25) is 0 Å². The molecule has 0 spiro atoms. The van der Waals surface area contributed by atoms with Crippen LogP contribution in [-0.4, -0.2) is 42.1 Å². The molecule has 0 bridgehead atoms. The molecule has 0 saturated heterocycles. The highest BCUT2D eigenvalue weighted by Crippen LogP contribution is 2.06. The topological polar surface area (TPSA) is 58.6 Å². The zero-order valence-electron chi connectivity index (χ0n) is 14.2. The average Bonchev–Trinajstić information content (AvgIpc) is 2.49. The summed E-state index contributed by atoms with van der Waals surface area (Å²) < 4.78 is 5.16. The lowest BCUT2D eigenvalue weighted by molar-refractivity contribution is -0.126. The Morgan fingerprint density at radius 2 is 1.87 bits per heavy atom. The number of nitrogens with zero attached hydrogens (tertiary/aromatic N) is 1. The third-order valence-electron chi connectivity index (χ3n) is 3.05. The van der Waals surface area contributed by atoms with E-state index in [0.29, 0.717) is 19.6 Å². The number of ether oxygens (including phenoxy) is 1. The Bertz CT molecular complexity index is 521. The molecule has 23 heavy (non-hydrogen) atoms. The van der Waals surface area contributed by atoms with Gasteiger partial charge < -0.3 is 15.0 Å². The third-order valence-corrected chi connectivity index (χ3v) is 3.05. The third kappa shape index (κ3) is 8.04. The second-order valence-electron chi connectivity index (χ2n) is 6.19. The normalized spacial score (nSPS) is 10.7. The van der Waals surface area contributed by atoms with E-state index in [-0.39, 0.29) is 5.91 Å². The van der Waals surface area contributed by atoms with Gasteiger partial charge in [-0.25, -0.2) is 4.79 Å². The van der Waals surface area contributed by atoms with Crippen LogP contribution in [-0.2, 0) is 16.0 Å². The van der Waals surface area contributed by atoms with Crippen molar-refractivity contribution in [3.63, 3.8) is 0 Å². The van der Waals surface area contributed by atoms with Gasteiger partial charge in [0, 0.05) is 19.6 Å². The molecule has 0 aromatic heterocycles. The average molecular weight is 318 g/mol. The molecule has 5 heteroatoms. The van der Waals surface area contributed by atoms with Gasteiger partial charge in [-0.1, -0.05) is 36.9 Å². The number of hydrogen-bond donors (Lipinski definition) is 1. The highest BCUT2D eigenvalue weighted by Gasteiger charge is 2.16. The summed E-state index contributed by atoms with van der Waals surface area (Å²) in [6.45, 7) is 10.3. The van der Waals surface area contributed by atoms with Crippen molar-refractivity contribution in [1.29, 1.82) is 0 Å². The molecule has 0 atom stereocenters. The molecule has 0 aliphatic heterocycles. The van der Waals surface area contributed by atoms with Gasteiger partial charge in [-0.15, -0.1) is 0 Å². The fraction of sp³-hybridized carbons (Fsp3) is 0.444. The standard InChI is InChI=1S/C18H26N2O3/c1-5-16(21)20(13-11-15-9-7-6-8-10-15)14-12-19-17(22)23-18(2,3)4/h5-10H,1,11-14H2,2-4H3,(H,19,22). The van der Waals surface area contributed by atoms with Crippen LogP contribution in [0.3, 0.4) is 0 Å². The van der Waals surface area contributed by atoms with Gasteiger partial charge in [0.2, 0.25) is 5.91 Å². The van der Waals surface area contributed by atoms with Crippen LogP contribution in [0.25, 0.3) is 0 Å².